The summed E-state index contributed by atoms with van der Waals surface area (Å²) in [4.78, 5) is 42.1. The lowest BCUT2D eigenvalue weighted by Crippen LogP contribution is -2.64. The van der Waals surface area contributed by atoms with Crippen molar-refractivity contribution in [2.75, 3.05) is 19.7 Å². The second kappa shape index (κ2) is 16.0. The summed E-state index contributed by atoms with van der Waals surface area (Å²) in [6.45, 7) is 4.85. The molecule has 0 bridgehead atoms. The fourth-order valence-corrected chi connectivity index (χ4v) is 7.05. The van der Waals surface area contributed by atoms with Gasteiger partial charge in [-0.1, -0.05) is 91.7 Å². The van der Waals surface area contributed by atoms with Crippen LogP contribution in [-0.4, -0.2) is 71.3 Å². The van der Waals surface area contributed by atoms with Gasteiger partial charge in [0.1, 0.15) is 11.3 Å². The highest BCUT2D eigenvalue weighted by Gasteiger charge is 2.49. The van der Waals surface area contributed by atoms with Crippen LogP contribution in [0, 0.1) is 13.8 Å². The molecule has 4 N–H and O–H groups in total. The first-order chi connectivity index (χ1) is 22.7. The van der Waals surface area contributed by atoms with E-state index in [4.69, 9.17) is 4.74 Å². The average molecular weight is 641 g/mol. The maximum absolute atomic E-state index is 14.2. The number of aliphatic hydroxyl groups is 1. The summed E-state index contributed by atoms with van der Waals surface area (Å²) < 4.78 is 5.92. The van der Waals surface area contributed by atoms with Crippen LogP contribution in [0.5, 0.6) is 5.75 Å². The lowest BCUT2D eigenvalue weighted by atomic mass is 9.90. The molecule has 9 heteroatoms. The quantitative estimate of drug-likeness (QED) is 0.205. The summed E-state index contributed by atoms with van der Waals surface area (Å²) in [6.07, 6.45) is 3.89. The van der Waals surface area contributed by atoms with Gasteiger partial charge >= 0.3 is 6.03 Å². The van der Waals surface area contributed by atoms with E-state index in [0.717, 1.165) is 41.5 Å². The zero-order valence-electron chi connectivity index (χ0n) is 27.5. The maximum atomic E-state index is 14.2. The molecule has 2 fully saturated rings. The molecule has 3 aromatic rings. The third-order valence-corrected chi connectivity index (χ3v) is 9.50. The predicted molar refractivity (Wildman–Crippen MR) is 182 cm³/mol. The van der Waals surface area contributed by atoms with E-state index in [1.165, 1.54) is 0 Å². The van der Waals surface area contributed by atoms with Gasteiger partial charge in [-0.15, -0.1) is 0 Å². The Hall–Kier alpha value is -4.37. The van der Waals surface area contributed by atoms with Gasteiger partial charge in [0.05, 0.1) is 12.1 Å². The number of ether oxygens (including phenoxy) is 1. The molecule has 0 radical (unpaired) electrons. The molecular weight excluding hydrogens is 592 g/mol. The van der Waals surface area contributed by atoms with Gasteiger partial charge in [-0.05, 0) is 74.6 Å². The topological polar surface area (TPSA) is 120 Å². The number of hydrogen-bond donors (Lipinski definition) is 4. The number of carbonyl (C=O) groups is 3. The molecule has 0 aromatic heterocycles. The summed E-state index contributed by atoms with van der Waals surface area (Å²) in [5.41, 5.74) is 2.97. The minimum absolute atomic E-state index is 0.175. The molecule has 2 aliphatic rings. The van der Waals surface area contributed by atoms with Crippen molar-refractivity contribution >= 4 is 17.8 Å². The van der Waals surface area contributed by atoms with Crippen molar-refractivity contribution in [1.29, 1.82) is 0 Å². The van der Waals surface area contributed by atoms with Crippen molar-refractivity contribution in [3.63, 3.8) is 0 Å². The Bertz CT molecular complexity index is 1470. The van der Waals surface area contributed by atoms with E-state index in [0.29, 0.717) is 44.5 Å². The Morgan fingerprint density at radius 3 is 2.11 bits per heavy atom. The van der Waals surface area contributed by atoms with Crippen LogP contribution in [0.25, 0.3) is 0 Å². The summed E-state index contributed by atoms with van der Waals surface area (Å²) in [7, 11) is 0. The third kappa shape index (κ3) is 8.71. The molecule has 0 unspecified atom stereocenters. The van der Waals surface area contributed by atoms with Crippen molar-refractivity contribution in [1.82, 2.24) is 20.9 Å². The SMILES string of the molecule is Cc1cccc(C)c1OCC(=O)N[C@@H](Cc1ccccc1)[C@@H](O)C[C@H](Cc1ccccc1)NC(=O)C1(N2CCCNC2=O)CCCC1. The summed E-state index contributed by atoms with van der Waals surface area (Å²) >= 11 is 0. The molecule has 3 atom stereocenters. The Balaban J connectivity index is 1.34. The van der Waals surface area contributed by atoms with Gasteiger partial charge < -0.3 is 30.7 Å². The molecule has 0 spiro atoms. The zero-order chi connectivity index (χ0) is 33.2. The van der Waals surface area contributed by atoms with Gasteiger partial charge in [-0.2, -0.15) is 0 Å². The molecule has 1 saturated heterocycles. The fourth-order valence-electron chi connectivity index (χ4n) is 7.05. The number of rotatable bonds is 14. The molecule has 5 rings (SSSR count). The number of para-hydroxylation sites is 1. The maximum Gasteiger partial charge on any atom is 0.318 e. The summed E-state index contributed by atoms with van der Waals surface area (Å²) in [5.74, 6) is 0.166. The Kier molecular flexibility index (Phi) is 11.5. The van der Waals surface area contributed by atoms with E-state index >= 15 is 0 Å². The van der Waals surface area contributed by atoms with Crippen molar-refractivity contribution in [3.05, 3.63) is 101 Å². The van der Waals surface area contributed by atoms with Crippen LogP contribution < -0.4 is 20.7 Å². The fraction of sp³-hybridized carbons (Fsp3) is 0.447. The van der Waals surface area contributed by atoms with Crippen LogP contribution in [-0.2, 0) is 22.4 Å². The molecule has 9 nitrogen and oxygen atoms in total. The lowest BCUT2D eigenvalue weighted by Gasteiger charge is -2.43. The summed E-state index contributed by atoms with van der Waals surface area (Å²) in [6, 6.07) is 24.2. The highest BCUT2D eigenvalue weighted by Crippen LogP contribution is 2.37. The first-order valence-electron chi connectivity index (χ1n) is 16.9. The number of aryl methyl sites for hydroxylation is 2. The third-order valence-electron chi connectivity index (χ3n) is 9.50. The monoisotopic (exact) mass is 640 g/mol. The second-order valence-corrected chi connectivity index (χ2v) is 13.0. The lowest BCUT2D eigenvalue weighted by molar-refractivity contribution is -0.133. The van der Waals surface area contributed by atoms with E-state index < -0.39 is 23.7 Å². The van der Waals surface area contributed by atoms with Crippen LogP contribution >= 0.6 is 0 Å². The molecule has 1 heterocycles. The molecule has 1 saturated carbocycles. The Morgan fingerprint density at radius 2 is 1.49 bits per heavy atom. The van der Waals surface area contributed by atoms with Crippen LogP contribution in [0.1, 0.15) is 60.8 Å². The van der Waals surface area contributed by atoms with Crippen molar-refractivity contribution in [2.24, 2.45) is 0 Å². The van der Waals surface area contributed by atoms with Crippen molar-refractivity contribution in [2.45, 2.75) is 88.9 Å². The first kappa shape index (κ1) is 34.0. The van der Waals surface area contributed by atoms with Gasteiger partial charge in [0.25, 0.3) is 5.91 Å². The van der Waals surface area contributed by atoms with Gasteiger partial charge in [-0.3, -0.25) is 9.59 Å². The smallest absolute Gasteiger partial charge is 0.318 e. The van der Waals surface area contributed by atoms with E-state index in [2.05, 4.69) is 16.0 Å². The molecule has 1 aliphatic heterocycles. The number of amides is 4. The number of urea groups is 1. The van der Waals surface area contributed by atoms with E-state index in [1.54, 1.807) is 4.90 Å². The predicted octanol–water partition coefficient (Wildman–Crippen LogP) is 4.62. The highest BCUT2D eigenvalue weighted by molar-refractivity contribution is 5.92. The Labute approximate surface area is 278 Å². The van der Waals surface area contributed by atoms with E-state index in [1.807, 2.05) is 92.7 Å². The van der Waals surface area contributed by atoms with Crippen LogP contribution in [0.15, 0.2) is 78.9 Å². The minimum Gasteiger partial charge on any atom is -0.483 e. The van der Waals surface area contributed by atoms with Gasteiger partial charge in [0.2, 0.25) is 5.91 Å². The second-order valence-electron chi connectivity index (χ2n) is 13.0. The van der Waals surface area contributed by atoms with Crippen molar-refractivity contribution < 1.29 is 24.2 Å². The first-order valence-corrected chi connectivity index (χ1v) is 16.9. The number of carbonyl (C=O) groups excluding carboxylic acids is 3. The number of nitrogens with one attached hydrogen (secondary N) is 3. The normalized spacial score (nSPS) is 17.7. The van der Waals surface area contributed by atoms with E-state index in [9.17, 15) is 19.5 Å². The van der Waals surface area contributed by atoms with Crippen LogP contribution in [0.2, 0.25) is 0 Å². The molecule has 4 amide bonds. The van der Waals surface area contributed by atoms with Gasteiger partial charge in [-0.25, -0.2) is 4.79 Å². The summed E-state index contributed by atoms with van der Waals surface area (Å²) in [5, 5.41) is 21.0. The zero-order valence-corrected chi connectivity index (χ0v) is 27.5. The van der Waals surface area contributed by atoms with Gasteiger partial charge in [0, 0.05) is 19.1 Å². The van der Waals surface area contributed by atoms with Crippen LogP contribution in [0.4, 0.5) is 4.79 Å². The number of benzene rings is 3. The highest BCUT2D eigenvalue weighted by atomic mass is 16.5. The number of hydrogen-bond acceptors (Lipinski definition) is 5. The molecule has 250 valence electrons. The molecular formula is C38H48N4O5. The molecule has 47 heavy (non-hydrogen) atoms. The molecule has 1 aliphatic carbocycles. The number of aliphatic hydroxyl groups excluding tert-OH is 1. The van der Waals surface area contributed by atoms with Crippen molar-refractivity contribution in [3.8, 4) is 5.75 Å². The molecule has 3 aromatic carbocycles. The van der Waals surface area contributed by atoms with Gasteiger partial charge in [0.15, 0.2) is 6.61 Å². The Morgan fingerprint density at radius 1 is 0.872 bits per heavy atom. The standard InChI is InChI=1S/C38H48N4O5/c1-27-13-11-14-28(2)35(27)47-26-34(44)41-32(24-30-17-7-4-8-18-30)33(43)25-31(23-29-15-5-3-6-16-29)40-36(45)38(19-9-10-20-38)42-22-12-21-39-37(42)46/h3-8,11,13-18,31-33,43H,9-10,12,19-26H2,1-2H3,(H,39,46)(H,40,45)(H,41,44)/t31-,32-,33-/m0/s1. The number of nitrogens with zero attached hydrogens (tertiary/aromatic N) is 1. The minimum atomic E-state index is -0.980. The largest absolute Gasteiger partial charge is 0.483 e. The van der Waals surface area contributed by atoms with Crippen LogP contribution in [0.3, 0.4) is 0 Å². The average Bonchev–Trinajstić information content (AvgIpc) is 3.57. The van der Waals surface area contributed by atoms with E-state index in [-0.39, 0.29) is 30.9 Å².